The summed E-state index contributed by atoms with van der Waals surface area (Å²) in [4.78, 5) is 13.8. The average molecular weight is 316 g/mol. The molecule has 1 amide bonds. The second-order valence-corrected chi connectivity index (χ2v) is 5.54. The molecule has 22 heavy (non-hydrogen) atoms. The maximum Gasteiger partial charge on any atom is 0.393 e. The number of hydrogen-bond acceptors (Lipinski definition) is 4. The lowest BCUT2D eigenvalue weighted by Gasteiger charge is -2.21. The number of alkyl halides is 3. The van der Waals surface area contributed by atoms with Gasteiger partial charge in [-0.1, -0.05) is 0 Å². The van der Waals surface area contributed by atoms with E-state index in [2.05, 4.69) is 5.32 Å². The average Bonchev–Trinajstić information content (AvgIpc) is 2.84. The van der Waals surface area contributed by atoms with Gasteiger partial charge in [0.2, 0.25) is 0 Å². The van der Waals surface area contributed by atoms with Gasteiger partial charge in [-0.15, -0.1) is 0 Å². The summed E-state index contributed by atoms with van der Waals surface area (Å²) in [6.07, 6.45) is -4.42. The van der Waals surface area contributed by atoms with Crippen LogP contribution in [0.1, 0.15) is 16.8 Å². The van der Waals surface area contributed by atoms with Crippen molar-refractivity contribution in [2.45, 2.75) is 18.6 Å². The van der Waals surface area contributed by atoms with Crippen LogP contribution in [0.25, 0.3) is 0 Å². The van der Waals surface area contributed by atoms with E-state index in [-0.39, 0.29) is 36.6 Å². The van der Waals surface area contributed by atoms with Crippen LogP contribution >= 0.6 is 0 Å². The van der Waals surface area contributed by atoms with Crippen molar-refractivity contribution in [2.24, 2.45) is 5.92 Å². The quantitative estimate of drug-likeness (QED) is 0.834. The number of phenolic OH excluding ortho intramolecular Hbond substituents is 1. The Morgan fingerprint density at radius 2 is 2.14 bits per heavy atom. The number of anilines is 1. The molecular weight excluding hydrogens is 301 g/mol. The molecule has 2 atom stereocenters. The van der Waals surface area contributed by atoms with Crippen LogP contribution in [-0.2, 0) is 0 Å². The van der Waals surface area contributed by atoms with Gasteiger partial charge in [-0.25, -0.2) is 0 Å². The van der Waals surface area contributed by atoms with Gasteiger partial charge in [-0.3, -0.25) is 4.79 Å². The van der Waals surface area contributed by atoms with Crippen molar-refractivity contribution in [3.05, 3.63) is 17.7 Å². The molecule has 0 aliphatic carbocycles. The number of fused-ring (bicyclic) bond motifs is 2. The Morgan fingerprint density at radius 3 is 2.77 bits per heavy atom. The van der Waals surface area contributed by atoms with E-state index in [0.717, 1.165) is 0 Å². The molecule has 1 fully saturated rings. The molecular formula is C14H15F3N2O3. The molecule has 2 N–H and O–H groups in total. The largest absolute Gasteiger partial charge is 0.504 e. The van der Waals surface area contributed by atoms with Crippen LogP contribution in [0.15, 0.2) is 12.1 Å². The number of halogens is 3. The maximum atomic E-state index is 12.9. The lowest BCUT2D eigenvalue weighted by Crippen LogP contribution is -2.37. The number of phenols is 1. The van der Waals surface area contributed by atoms with Crippen molar-refractivity contribution in [2.75, 3.05) is 25.5 Å². The van der Waals surface area contributed by atoms with Crippen LogP contribution in [-0.4, -0.2) is 48.3 Å². The van der Waals surface area contributed by atoms with E-state index in [4.69, 9.17) is 4.74 Å². The number of rotatable bonds is 1. The Balaban J connectivity index is 1.95. The molecule has 0 radical (unpaired) electrons. The highest BCUT2D eigenvalue weighted by atomic mass is 19.4. The molecule has 0 saturated carbocycles. The summed E-state index contributed by atoms with van der Waals surface area (Å²) in [5.41, 5.74) is 0.612. The van der Waals surface area contributed by atoms with Gasteiger partial charge in [0.05, 0.1) is 24.3 Å². The van der Waals surface area contributed by atoms with Gasteiger partial charge in [-0.05, 0) is 12.5 Å². The van der Waals surface area contributed by atoms with Crippen molar-refractivity contribution in [1.29, 1.82) is 0 Å². The maximum absolute atomic E-state index is 12.9. The summed E-state index contributed by atoms with van der Waals surface area (Å²) in [5, 5.41) is 12.7. The van der Waals surface area contributed by atoms with Gasteiger partial charge in [-0.2, -0.15) is 13.2 Å². The third-order valence-electron chi connectivity index (χ3n) is 4.22. The molecule has 2 aliphatic rings. The van der Waals surface area contributed by atoms with Crippen molar-refractivity contribution >= 4 is 11.6 Å². The highest BCUT2D eigenvalue weighted by molar-refractivity contribution is 6.01. The van der Waals surface area contributed by atoms with Crippen LogP contribution in [0.3, 0.4) is 0 Å². The molecule has 5 nitrogen and oxygen atoms in total. The first-order chi connectivity index (χ1) is 10.3. The number of nitrogens with one attached hydrogen (secondary N) is 1. The van der Waals surface area contributed by atoms with Gasteiger partial charge in [0, 0.05) is 25.2 Å². The molecule has 0 bridgehead atoms. The third-order valence-corrected chi connectivity index (χ3v) is 4.22. The Morgan fingerprint density at radius 1 is 1.41 bits per heavy atom. The Hall–Kier alpha value is -2.12. The molecule has 3 rings (SSSR count). The van der Waals surface area contributed by atoms with Crippen LogP contribution < -0.4 is 10.1 Å². The summed E-state index contributed by atoms with van der Waals surface area (Å²) in [7, 11) is 1.34. The van der Waals surface area contributed by atoms with Gasteiger partial charge >= 0.3 is 6.18 Å². The second kappa shape index (κ2) is 4.96. The number of carbonyl (C=O) groups is 1. The van der Waals surface area contributed by atoms with Gasteiger partial charge in [0.15, 0.2) is 11.5 Å². The Kier molecular flexibility index (Phi) is 3.34. The number of aromatic hydroxyl groups is 1. The van der Waals surface area contributed by atoms with Crippen LogP contribution in [0.5, 0.6) is 11.5 Å². The minimum absolute atomic E-state index is 0.110. The first-order valence-electron chi connectivity index (χ1n) is 6.84. The van der Waals surface area contributed by atoms with Gasteiger partial charge in [0.1, 0.15) is 0 Å². The molecule has 1 saturated heterocycles. The third kappa shape index (κ3) is 2.32. The van der Waals surface area contributed by atoms with E-state index in [9.17, 15) is 23.1 Å². The molecule has 1 aromatic carbocycles. The van der Waals surface area contributed by atoms with E-state index in [1.165, 1.54) is 24.1 Å². The van der Waals surface area contributed by atoms with Crippen molar-refractivity contribution in [1.82, 2.24) is 4.90 Å². The minimum Gasteiger partial charge on any atom is -0.504 e. The van der Waals surface area contributed by atoms with E-state index in [1.54, 1.807) is 0 Å². The molecule has 2 aliphatic heterocycles. The van der Waals surface area contributed by atoms with E-state index in [1.807, 2.05) is 0 Å². The summed E-state index contributed by atoms with van der Waals surface area (Å²) >= 11 is 0. The van der Waals surface area contributed by atoms with Crippen molar-refractivity contribution < 1.29 is 27.8 Å². The standard InChI is InChI=1S/C14H15F3N2O3/c1-22-12-3-9-10(4-11(12)20)18-5-8-2-7(14(15,16)17)6-19(8)13(9)21/h3-4,7-8,18,20H,2,5-6H2,1H3/t7-,8-/m0/s1. The zero-order valence-corrected chi connectivity index (χ0v) is 11.8. The molecule has 1 aromatic rings. The number of methoxy groups -OCH3 is 1. The number of ether oxygens (including phenoxy) is 1. The molecule has 8 heteroatoms. The molecule has 120 valence electrons. The lowest BCUT2D eigenvalue weighted by molar-refractivity contribution is -0.170. The normalized spacial score (nSPS) is 24.4. The summed E-state index contributed by atoms with van der Waals surface area (Å²) in [6, 6.07) is 2.19. The lowest BCUT2D eigenvalue weighted by atomic mass is 10.1. The highest BCUT2D eigenvalue weighted by Gasteiger charge is 2.49. The van der Waals surface area contributed by atoms with Gasteiger partial charge in [0.25, 0.3) is 5.91 Å². The summed E-state index contributed by atoms with van der Waals surface area (Å²) in [6.45, 7) is -0.117. The van der Waals surface area contributed by atoms with Crippen LogP contribution in [0, 0.1) is 5.92 Å². The first-order valence-corrected chi connectivity index (χ1v) is 6.84. The zero-order valence-electron chi connectivity index (χ0n) is 11.8. The van der Waals surface area contributed by atoms with Crippen molar-refractivity contribution in [3.8, 4) is 11.5 Å². The molecule has 0 unspecified atom stereocenters. The summed E-state index contributed by atoms with van der Waals surface area (Å²) in [5.74, 6) is -1.99. The fourth-order valence-electron chi connectivity index (χ4n) is 3.03. The molecule has 2 heterocycles. The van der Waals surface area contributed by atoms with E-state index >= 15 is 0 Å². The monoisotopic (exact) mass is 316 g/mol. The summed E-state index contributed by atoms with van der Waals surface area (Å²) < 4.78 is 43.6. The predicted molar refractivity (Wildman–Crippen MR) is 72.1 cm³/mol. The fraction of sp³-hybridized carbons (Fsp3) is 0.500. The molecule has 0 spiro atoms. The number of nitrogens with zero attached hydrogens (tertiary/aromatic N) is 1. The Labute approximate surface area is 124 Å². The fourth-order valence-corrected chi connectivity index (χ4v) is 3.03. The number of carbonyl (C=O) groups excluding carboxylic acids is 1. The minimum atomic E-state index is -4.30. The smallest absolute Gasteiger partial charge is 0.393 e. The SMILES string of the molecule is COc1cc2c(cc1O)NC[C@@H]1C[C@H](C(F)(F)F)CN1C2=O. The topological polar surface area (TPSA) is 61.8 Å². The first kappa shape index (κ1) is 14.8. The number of amides is 1. The van der Waals surface area contributed by atoms with Crippen molar-refractivity contribution in [3.63, 3.8) is 0 Å². The van der Waals surface area contributed by atoms with Crippen LogP contribution in [0.2, 0.25) is 0 Å². The van der Waals surface area contributed by atoms with Gasteiger partial charge < -0.3 is 20.1 Å². The Bertz CT molecular complexity index is 618. The van der Waals surface area contributed by atoms with E-state index < -0.39 is 24.0 Å². The van der Waals surface area contributed by atoms with E-state index in [0.29, 0.717) is 5.69 Å². The number of hydrogen-bond donors (Lipinski definition) is 2. The molecule has 0 aromatic heterocycles. The zero-order chi connectivity index (χ0) is 16.1. The van der Waals surface area contributed by atoms with Crippen LogP contribution in [0.4, 0.5) is 18.9 Å². The highest BCUT2D eigenvalue weighted by Crippen LogP contribution is 2.40. The second-order valence-electron chi connectivity index (χ2n) is 5.54. The number of benzene rings is 1. The predicted octanol–water partition coefficient (Wildman–Crippen LogP) is 2.22.